The number of hydrogen-bond acceptors (Lipinski definition) is 6. The summed E-state index contributed by atoms with van der Waals surface area (Å²) in [7, 11) is 1.59. The molecule has 1 aromatic heterocycles. The van der Waals surface area contributed by atoms with Crippen molar-refractivity contribution in [3.05, 3.63) is 76.4 Å². The Balaban J connectivity index is 1.37. The summed E-state index contributed by atoms with van der Waals surface area (Å²) in [6.45, 7) is 2.82. The van der Waals surface area contributed by atoms with E-state index in [2.05, 4.69) is 20.5 Å². The van der Waals surface area contributed by atoms with Crippen LogP contribution in [0.15, 0.2) is 54.7 Å². The highest BCUT2D eigenvalue weighted by Crippen LogP contribution is 2.47. The van der Waals surface area contributed by atoms with Crippen LogP contribution in [0.1, 0.15) is 53.6 Å². The topological polar surface area (TPSA) is 79.4 Å². The number of amides is 1. The van der Waals surface area contributed by atoms with Crippen molar-refractivity contribution in [2.24, 2.45) is 5.41 Å². The molecule has 1 saturated carbocycles. The number of carbonyl (C=O) groups is 1. The van der Waals surface area contributed by atoms with Gasteiger partial charge in [-0.25, -0.2) is 4.98 Å². The summed E-state index contributed by atoms with van der Waals surface area (Å²) in [6.07, 6.45) is 7.96. The number of carbonyl (C=O) groups excluding carboxylic acids is 1. The van der Waals surface area contributed by atoms with Crippen LogP contribution in [0.25, 0.3) is 0 Å². The van der Waals surface area contributed by atoms with Crippen molar-refractivity contribution in [2.45, 2.75) is 45.2 Å². The minimum Gasteiger partial charge on any atom is -0.495 e. The van der Waals surface area contributed by atoms with Crippen molar-refractivity contribution < 1.29 is 9.53 Å². The van der Waals surface area contributed by atoms with Gasteiger partial charge in [-0.15, -0.1) is 0 Å². The molecule has 3 aromatic rings. The number of hydrogen-bond donors (Lipinski definition) is 2. The van der Waals surface area contributed by atoms with Crippen LogP contribution >= 0.6 is 11.6 Å². The van der Waals surface area contributed by atoms with E-state index in [-0.39, 0.29) is 5.91 Å². The molecule has 8 heteroatoms. The largest absolute Gasteiger partial charge is 0.495 e. The first-order chi connectivity index (χ1) is 17.5. The Labute approximate surface area is 217 Å². The normalized spacial score (nSPS) is 16.3. The average molecular weight is 506 g/mol. The van der Waals surface area contributed by atoms with E-state index in [1.54, 1.807) is 13.3 Å². The quantitative estimate of drug-likeness (QED) is 0.423. The number of methoxy groups -OCH3 is 1. The van der Waals surface area contributed by atoms with Gasteiger partial charge in [-0.3, -0.25) is 4.79 Å². The van der Waals surface area contributed by atoms with Gasteiger partial charge >= 0.3 is 0 Å². The maximum absolute atomic E-state index is 13.2. The van der Waals surface area contributed by atoms with Gasteiger partial charge in [0.2, 0.25) is 5.95 Å². The lowest BCUT2D eigenvalue weighted by molar-refractivity contribution is 0.0950. The summed E-state index contributed by atoms with van der Waals surface area (Å²) in [5, 5.41) is 6.90. The molecule has 1 aliphatic carbocycles. The van der Waals surface area contributed by atoms with E-state index < -0.39 is 0 Å². The van der Waals surface area contributed by atoms with E-state index in [0.29, 0.717) is 46.6 Å². The van der Waals surface area contributed by atoms with Gasteiger partial charge in [-0.05, 0) is 54.4 Å². The predicted octanol–water partition coefficient (Wildman–Crippen LogP) is 5.45. The SMILES string of the molecule is COc1ccc(CNc2nc(N3CCCC4(CCC4)C3)ncc2C(=O)NCc2ccccc2)cc1Cl. The monoisotopic (exact) mass is 505 g/mol. The molecule has 2 aromatic carbocycles. The summed E-state index contributed by atoms with van der Waals surface area (Å²) < 4.78 is 5.26. The van der Waals surface area contributed by atoms with Gasteiger partial charge in [0.05, 0.1) is 12.1 Å². The molecule has 7 nitrogen and oxygen atoms in total. The minimum atomic E-state index is -0.213. The van der Waals surface area contributed by atoms with Gasteiger partial charge < -0.3 is 20.3 Å². The molecule has 1 aliphatic heterocycles. The molecule has 1 spiro atoms. The molecule has 1 amide bonds. The second-order valence-corrected chi connectivity index (χ2v) is 10.2. The number of nitrogens with one attached hydrogen (secondary N) is 2. The zero-order valence-electron chi connectivity index (χ0n) is 20.6. The number of anilines is 2. The smallest absolute Gasteiger partial charge is 0.256 e. The third-order valence-electron chi connectivity index (χ3n) is 7.35. The van der Waals surface area contributed by atoms with Crippen molar-refractivity contribution in [3.8, 4) is 5.75 Å². The number of aromatic nitrogens is 2. The average Bonchev–Trinajstić information content (AvgIpc) is 2.90. The Morgan fingerprint density at radius 1 is 1.08 bits per heavy atom. The van der Waals surface area contributed by atoms with Crippen LogP contribution in [-0.4, -0.2) is 36.1 Å². The molecule has 0 atom stereocenters. The van der Waals surface area contributed by atoms with Crippen LogP contribution in [-0.2, 0) is 13.1 Å². The third-order valence-corrected chi connectivity index (χ3v) is 7.65. The molecule has 0 radical (unpaired) electrons. The third kappa shape index (κ3) is 5.41. The second-order valence-electron chi connectivity index (χ2n) is 9.80. The minimum absolute atomic E-state index is 0.213. The molecular formula is C28H32ClN5O2. The van der Waals surface area contributed by atoms with E-state index >= 15 is 0 Å². The standard InChI is InChI=1S/C28H32ClN5O2/c1-36-24-10-9-21(15-23(24)29)17-30-25-22(26(35)31-16-20-7-3-2-4-8-20)18-32-27(33-25)34-14-6-13-28(19-34)11-5-12-28/h2-4,7-10,15,18H,5-6,11-14,16-17,19H2,1H3,(H,31,35)(H,30,32,33). The fourth-order valence-electron chi connectivity index (χ4n) is 5.17. The number of piperidine rings is 1. The molecule has 2 N–H and O–H groups in total. The molecule has 36 heavy (non-hydrogen) atoms. The Morgan fingerprint density at radius 3 is 2.61 bits per heavy atom. The van der Waals surface area contributed by atoms with Crippen LogP contribution in [0.4, 0.5) is 11.8 Å². The molecule has 0 unspecified atom stereocenters. The first-order valence-corrected chi connectivity index (χ1v) is 12.9. The number of benzene rings is 2. The van der Waals surface area contributed by atoms with Gasteiger partial charge in [0.25, 0.3) is 5.91 Å². The lowest BCUT2D eigenvalue weighted by Crippen LogP contribution is -2.47. The molecule has 1 saturated heterocycles. The molecular weight excluding hydrogens is 474 g/mol. The first-order valence-electron chi connectivity index (χ1n) is 12.6. The summed E-state index contributed by atoms with van der Waals surface area (Å²) in [5.41, 5.74) is 2.83. The maximum Gasteiger partial charge on any atom is 0.256 e. The van der Waals surface area contributed by atoms with Crippen LogP contribution in [0.5, 0.6) is 5.75 Å². The van der Waals surface area contributed by atoms with Crippen LogP contribution < -0.4 is 20.3 Å². The lowest BCUT2D eigenvalue weighted by Gasteiger charge is -2.48. The number of halogens is 1. The highest BCUT2D eigenvalue weighted by atomic mass is 35.5. The Bertz CT molecular complexity index is 1220. The highest BCUT2D eigenvalue weighted by Gasteiger charge is 2.41. The first kappa shape index (κ1) is 24.4. The second kappa shape index (κ2) is 10.7. The zero-order chi connectivity index (χ0) is 25.0. The van der Waals surface area contributed by atoms with Crippen molar-refractivity contribution >= 4 is 29.3 Å². The van der Waals surface area contributed by atoms with Crippen LogP contribution in [0.2, 0.25) is 5.02 Å². The van der Waals surface area contributed by atoms with Gasteiger partial charge in [-0.2, -0.15) is 4.98 Å². The van der Waals surface area contributed by atoms with Crippen LogP contribution in [0.3, 0.4) is 0 Å². The fraction of sp³-hybridized carbons (Fsp3) is 0.393. The zero-order valence-corrected chi connectivity index (χ0v) is 21.4. The molecule has 2 fully saturated rings. The van der Waals surface area contributed by atoms with Gasteiger partial charge in [-0.1, -0.05) is 54.4 Å². The number of rotatable bonds is 8. The summed E-state index contributed by atoms with van der Waals surface area (Å²) >= 11 is 6.32. The van der Waals surface area contributed by atoms with Crippen molar-refractivity contribution in [1.29, 1.82) is 0 Å². The molecule has 2 heterocycles. The van der Waals surface area contributed by atoms with Gasteiger partial charge in [0.15, 0.2) is 0 Å². The van der Waals surface area contributed by atoms with E-state index in [1.165, 1.54) is 25.7 Å². The number of ether oxygens (including phenoxy) is 1. The Hall–Kier alpha value is -3.32. The molecule has 5 rings (SSSR count). The van der Waals surface area contributed by atoms with E-state index in [9.17, 15) is 4.79 Å². The summed E-state index contributed by atoms with van der Waals surface area (Å²) in [4.78, 5) is 24.9. The summed E-state index contributed by atoms with van der Waals surface area (Å²) in [6, 6.07) is 15.5. The molecule has 2 aliphatic rings. The highest BCUT2D eigenvalue weighted by molar-refractivity contribution is 6.32. The van der Waals surface area contributed by atoms with E-state index in [4.69, 9.17) is 21.3 Å². The van der Waals surface area contributed by atoms with Crippen molar-refractivity contribution in [3.63, 3.8) is 0 Å². The van der Waals surface area contributed by atoms with E-state index in [0.717, 1.165) is 30.6 Å². The molecule has 188 valence electrons. The molecule has 0 bridgehead atoms. The van der Waals surface area contributed by atoms with Crippen molar-refractivity contribution in [1.82, 2.24) is 15.3 Å². The van der Waals surface area contributed by atoms with E-state index in [1.807, 2.05) is 48.5 Å². The Kier molecular flexibility index (Phi) is 7.28. The van der Waals surface area contributed by atoms with Crippen molar-refractivity contribution in [2.75, 3.05) is 30.4 Å². The van der Waals surface area contributed by atoms with Gasteiger partial charge in [0, 0.05) is 32.4 Å². The lowest BCUT2D eigenvalue weighted by atomic mass is 9.64. The predicted molar refractivity (Wildman–Crippen MR) is 143 cm³/mol. The number of nitrogens with zero attached hydrogens (tertiary/aromatic N) is 3. The van der Waals surface area contributed by atoms with Gasteiger partial charge in [0.1, 0.15) is 17.1 Å². The van der Waals surface area contributed by atoms with Crippen LogP contribution in [0, 0.1) is 5.41 Å². The fourth-order valence-corrected chi connectivity index (χ4v) is 5.45. The summed E-state index contributed by atoms with van der Waals surface area (Å²) in [5.74, 6) is 1.61. The maximum atomic E-state index is 13.2. The Morgan fingerprint density at radius 2 is 1.89 bits per heavy atom.